The normalized spacial score (nSPS) is 13.0. The molecule has 2 aromatic heterocycles. The fourth-order valence-electron chi connectivity index (χ4n) is 2.63. The molecule has 154 valence electrons. The third-order valence-electron chi connectivity index (χ3n) is 4.20. The number of benzene rings is 1. The zero-order chi connectivity index (χ0) is 21.5. The number of carboxylic acids is 1. The Hall–Kier alpha value is -2.60. The molecule has 0 bridgehead atoms. The number of aromatic nitrogens is 3. The van der Waals surface area contributed by atoms with Crippen LogP contribution in [-0.4, -0.2) is 24.7 Å². The van der Waals surface area contributed by atoms with E-state index in [-0.39, 0.29) is 11.4 Å². The Balaban J connectivity index is 2.09. The van der Waals surface area contributed by atoms with Crippen LogP contribution in [0.2, 0.25) is 0 Å². The number of carbonyl (C=O) groups excluding carboxylic acids is 1. The lowest BCUT2D eigenvalue weighted by Gasteiger charge is -2.14. The first kappa shape index (κ1) is 21.1. The molecular formula is C17H13F3N3O4S2-. The summed E-state index contributed by atoms with van der Waals surface area (Å²) in [6.45, 7) is 1.48. The minimum absolute atomic E-state index is 0.0937. The Morgan fingerprint density at radius 2 is 2.00 bits per heavy atom. The second-order valence-electron chi connectivity index (χ2n) is 6.12. The Morgan fingerprint density at radius 1 is 1.31 bits per heavy atom. The fourth-order valence-corrected chi connectivity index (χ4v) is 4.25. The van der Waals surface area contributed by atoms with Gasteiger partial charge in [0.25, 0.3) is 5.56 Å². The van der Waals surface area contributed by atoms with Crippen LogP contribution in [0.5, 0.6) is 0 Å². The largest absolute Gasteiger partial charge is 0.549 e. The molecule has 1 aromatic carbocycles. The molecule has 0 aliphatic rings. The van der Waals surface area contributed by atoms with Gasteiger partial charge in [0, 0.05) is 29.5 Å². The molecule has 0 saturated carbocycles. The van der Waals surface area contributed by atoms with E-state index in [1.54, 1.807) is 6.07 Å². The number of carbonyl (C=O) groups is 1. The summed E-state index contributed by atoms with van der Waals surface area (Å²) in [5.74, 6) is -0.964. The van der Waals surface area contributed by atoms with Crippen LogP contribution in [0.4, 0.5) is 13.2 Å². The zero-order valence-corrected chi connectivity index (χ0v) is 16.7. The molecule has 7 nitrogen and oxygen atoms in total. The summed E-state index contributed by atoms with van der Waals surface area (Å²) in [4.78, 5) is 35.6. The van der Waals surface area contributed by atoms with Gasteiger partial charge in [-0.15, -0.1) is 11.8 Å². The van der Waals surface area contributed by atoms with Crippen molar-refractivity contribution in [2.24, 2.45) is 7.05 Å². The fraction of sp³-hybridized carbons (Fsp3) is 0.294. The number of halogens is 3. The van der Waals surface area contributed by atoms with E-state index in [0.29, 0.717) is 26.3 Å². The predicted molar refractivity (Wildman–Crippen MR) is 101 cm³/mol. The quantitative estimate of drug-likeness (QED) is 0.592. The smallest absolute Gasteiger partial charge is 0.431 e. The van der Waals surface area contributed by atoms with Crippen LogP contribution in [0.25, 0.3) is 15.8 Å². The Bertz CT molecular complexity index is 1210. The average Bonchev–Trinajstić information content (AvgIpc) is 3.04. The van der Waals surface area contributed by atoms with Crippen LogP contribution in [-0.2, 0) is 23.8 Å². The van der Waals surface area contributed by atoms with Gasteiger partial charge in [0.1, 0.15) is 5.69 Å². The lowest BCUT2D eigenvalue weighted by molar-refractivity contribution is -0.304. The van der Waals surface area contributed by atoms with E-state index < -0.39 is 34.3 Å². The highest BCUT2D eigenvalue weighted by molar-refractivity contribution is 7.99. The van der Waals surface area contributed by atoms with Crippen molar-refractivity contribution in [2.75, 3.05) is 0 Å². The topological polar surface area (TPSA) is 97.0 Å². The van der Waals surface area contributed by atoms with E-state index in [1.807, 2.05) is 0 Å². The number of thioether (sulfide) groups is 1. The van der Waals surface area contributed by atoms with E-state index in [0.717, 1.165) is 35.0 Å². The SMILES string of the molecule is CC(SCc1nsc2ccc(-n3c(=O)cc(C(F)(F)F)n(C)c3=O)cc12)C(=O)[O-]. The van der Waals surface area contributed by atoms with Gasteiger partial charge < -0.3 is 9.90 Å². The molecule has 0 N–H and O–H groups in total. The van der Waals surface area contributed by atoms with Crippen LogP contribution in [0.15, 0.2) is 33.9 Å². The van der Waals surface area contributed by atoms with Gasteiger partial charge in [0.15, 0.2) is 0 Å². The molecule has 1 atom stereocenters. The number of hydrogen-bond donors (Lipinski definition) is 0. The van der Waals surface area contributed by atoms with Gasteiger partial charge in [-0.05, 0) is 36.7 Å². The van der Waals surface area contributed by atoms with Crippen molar-refractivity contribution in [2.45, 2.75) is 24.1 Å². The summed E-state index contributed by atoms with van der Waals surface area (Å²) < 4.78 is 45.0. The number of aliphatic carboxylic acids is 1. The molecule has 12 heteroatoms. The number of carboxylic acid groups (broad SMARTS) is 1. The summed E-state index contributed by atoms with van der Waals surface area (Å²) in [6, 6.07) is 4.89. The second-order valence-corrected chi connectivity index (χ2v) is 8.26. The Kier molecular flexibility index (Phi) is 5.59. The average molecular weight is 444 g/mol. The van der Waals surface area contributed by atoms with Gasteiger partial charge in [-0.1, -0.05) is 0 Å². The van der Waals surface area contributed by atoms with Crippen molar-refractivity contribution < 1.29 is 23.1 Å². The highest BCUT2D eigenvalue weighted by Crippen LogP contribution is 2.29. The molecule has 0 amide bonds. The molecular weight excluding hydrogens is 431 g/mol. The second kappa shape index (κ2) is 7.67. The maximum Gasteiger partial charge on any atom is 0.431 e. The number of alkyl halides is 3. The summed E-state index contributed by atoms with van der Waals surface area (Å²) in [5, 5.41) is 10.7. The highest BCUT2D eigenvalue weighted by Gasteiger charge is 2.35. The van der Waals surface area contributed by atoms with E-state index >= 15 is 0 Å². The lowest BCUT2D eigenvalue weighted by atomic mass is 10.2. The van der Waals surface area contributed by atoms with E-state index in [2.05, 4.69) is 4.37 Å². The first-order chi connectivity index (χ1) is 13.5. The van der Waals surface area contributed by atoms with Crippen molar-refractivity contribution in [3.05, 3.63) is 56.5 Å². The minimum Gasteiger partial charge on any atom is -0.549 e. The summed E-state index contributed by atoms with van der Waals surface area (Å²) >= 11 is 2.24. The Morgan fingerprint density at radius 3 is 2.62 bits per heavy atom. The molecule has 0 aliphatic heterocycles. The van der Waals surface area contributed by atoms with E-state index in [9.17, 15) is 32.7 Å². The molecule has 0 aliphatic carbocycles. The number of rotatable bonds is 5. The van der Waals surface area contributed by atoms with Crippen LogP contribution < -0.4 is 16.4 Å². The third-order valence-corrected chi connectivity index (χ3v) is 6.20. The van der Waals surface area contributed by atoms with Crippen molar-refractivity contribution in [3.63, 3.8) is 0 Å². The molecule has 2 heterocycles. The van der Waals surface area contributed by atoms with Crippen molar-refractivity contribution in [3.8, 4) is 5.69 Å². The van der Waals surface area contributed by atoms with E-state index in [4.69, 9.17) is 0 Å². The first-order valence-corrected chi connectivity index (χ1v) is 9.94. The Labute approximate surface area is 169 Å². The molecule has 3 rings (SSSR count). The van der Waals surface area contributed by atoms with Crippen molar-refractivity contribution in [1.29, 1.82) is 0 Å². The zero-order valence-electron chi connectivity index (χ0n) is 15.0. The lowest BCUT2D eigenvalue weighted by Crippen LogP contribution is -2.40. The molecule has 0 spiro atoms. The van der Waals surface area contributed by atoms with Gasteiger partial charge in [-0.25, -0.2) is 9.36 Å². The first-order valence-electron chi connectivity index (χ1n) is 8.12. The van der Waals surface area contributed by atoms with Crippen LogP contribution in [0.1, 0.15) is 18.3 Å². The highest BCUT2D eigenvalue weighted by atomic mass is 32.2. The van der Waals surface area contributed by atoms with Gasteiger partial charge in [-0.2, -0.15) is 17.5 Å². The standard InChI is InChI=1S/C17H14F3N3O4S2/c1-8(15(25)26)28-7-11-10-5-9(3-4-12(10)29-21-11)23-14(24)6-13(17(18,19)20)22(2)16(23)27/h3-6,8H,7H2,1-2H3,(H,25,26)/p-1. The molecule has 29 heavy (non-hydrogen) atoms. The molecule has 3 aromatic rings. The maximum atomic E-state index is 13.0. The van der Waals surface area contributed by atoms with Gasteiger partial charge >= 0.3 is 11.9 Å². The number of nitrogens with zero attached hydrogens (tertiary/aromatic N) is 3. The van der Waals surface area contributed by atoms with Crippen molar-refractivity contribution in [1.82, 2.24) is 13.5 Å². The van der Waals surface area contributed by atoms with Crippen LogP contribution >= 0.6 is 23.3 Å². The summed E-state index contributed by atoms with van der Waals surface area (Å²) in [7, 11) is 0.940. The number of fused-ring (bicyclic) bond motifs is 1. The van der Waals surface area contributed by atoms with Gasteiger partial charge in [0.2, 0.25) is 0 Å². The van der Waals surface area contributed by atoms with Crippen LogP contribution in [0.3, 0.4) is 0 Å². The third kappa shape index (κ3) is 4.08. The van der Waals surface area contributed by atoms with Crippen LogP contribution in [0, 0.1) is 0 Å². The molecule has 1 unspecified atom stereocenters. The number of hydrogen-bond acceptors (Lipinski definition) is 7. The molecule has 0 saturated heterocycles. The maximum absolute atomic E-state index is 13.0. The van der Waals surface area contributed by atoms with Gasteiger partial charge in [-0.3, -0.25) is 9.36 Å². The summed E-state index contributed by atoms with van der Waals surface area (Å²) in [6.07, 6.45) is -4.84. The van der Waals surface area contributed by atoms with Gasteiger partial charge in [0.05, 0.1) is 22.1 Å². The van der Waals surface area contributed by atoms with E-state index in [1.165, 1.54) is 19.1 Å². The molecule has 0 fully saturated rings. The predicted octanol–water partition coefficient (Wildman–Crippen LogP) is 1.54. The van der Waals surface area contributed by atoms with Crippen molar-refractivity contribution >= 4 is 39.3 Å². The minimum atomic E-state index is -4.84. The summed E-state index contributed by atoms with van der Waals surface area (Å²) in [5.41, 5.74) is -2.94. The molecule has 0 radical (unpaired) electrons. The monoisotopic (exact) mass is 444 g/mol.